The molecule has 0 spiro atoms. The summed E-state index contributed by atoms with van der Waals surface area (Å²) < 4.78 is 10.6. The number of hydrazone groups is 1. The Hall–Kier alpha value is -2.41. The summed E-state index contributed by atoms with van der Waals surface area (Å²) >= 11 is 5.22. The molecule has 1 aliphatic carbocycles. The smallest absolute Gasteiger partial charge is 0.237 e. The van der Waals surface area contributed by atoms with Crippen molar-refractivity contribution in [3.8, 4) is 5.88 Å². The van der Waals surface area contributed by atoms with Crippen molar-refractivity contribution in [1.82, 2.24) is 10.4 Å². The highest BCUT2D eigenvalue weighted by atomic mass is 32.1. The number of aromatic nitrogens is 1. The van der Waals surface area contributed by atoms with Crippen LogP contribution in [-0.4, -0.2) is 30.5 Å². The molecule has 1 heterocycles. The summed E-state index contributed by atoms with van der Waals surface area (Å²) in [5.41, 5.74) is 4.49. The van der Waals surface area contributed by atoms with E-state index in [4.69, 9.17) is 21.7 Å². The Morgan fingerprint density at radius 2 is 2.26 bits per heavy atom. The predicted octanol–water partition coefficient (Wildman–Crippen LogP) is 2.86. The first-order valence-electron chi connectivity index (χ1n) is 7.18. The predicted molar refractivity (Wildman–Crippen MR) is 95.6 cm³/mol. The maximum Gasteiger partial charge on any atom is 0.237 e. The molecule has 1 atom stereocenters. The Morgan fingerprint density at radius 1 is 1.43 bits per heavy atom. The lowest BCUT2D eigenvalue weighted by Crippen LogP contribution is -2.24. The van der Waals surface area contributed by atoms with Crippen molar-refractivity contribution in [1.29, 1.82) is 0 Å². The van der Waals surface area contributed by atoms with Gasteiger partial charge in [0.25, 0.3) is 0 Å². The Bertz CT molecular complexity index is 655. The van der Waals surface area contributed by atoms with Gasteiger partial charge in [-0.2, -0.15) is 5.10 Å². The quantitative estimate of drug-likeness (QED) is 0.374. The van der Waals surface area contributed by atoms with Gasteiger partial charge in [0.05, 0.1) is 20.4 Å². The average Bonchev–Trinajstić information content (AvgIpc) is 2.56. The van der Waals surface area contributed by atoms with E-state index in [0.717, 1.165) is 17.8 Å². The molecule has 7 heteroatoms. The third-order valence-electron chi connectivity index (χ3n) is 3.37. The number of ether oxygens (including phenoxy) is 2. The van der Waals surface area contributed by atoms with E-state index < -0.39 is 0 Å². The summed E-state index contributed by atoms with van der Waals surface area (Å²) in [6, 6.07) is 3.62. The van der Waals surface area contributed by atoms with Crippen molar-refractivity contribution >= 4 is 29.2 Å². The minimum Gasteiger partial charge on any atom is -0.500 e. The largest absolute Gasteiger partial charge is 0.500 e. The summed E-state index contributed by atoms with van der Waals surface area (Å²) in [5.74, 6) is 1.64. The van der Waals surface area contributed by atoms with Crippen LogP contribution in [0.4, 0.5) is 5.69 Å². The van der Waals surface area contributed by atoms with Gasteiger partial charge in [0.15, 0.2) is 5.11 Å². The van der Waals surface area contributed by atoms with Gasteiger partial charge in [-0.05, 0) is 24.4 Å². The normalized spacial score (nSPS) is 17.3. The molecule has 2 rings (SSSR count). The number of allylic oxidation sites excluding steroid dienone is 3. The summed E-state index contributed by atoms with van der Waals surface area (Å²) in [7, 11) is 3.22. The topological polar surface area (TPSA) is 67.8 Å². The van der Waals surface area contributed by atoms with E-state index in [-0.39, 0.29) is 5.92 Å². The molecule has 0 amide bonds. The van der Waals surface area contributed by atoms with Gasteiger partial charge in [0.2, 0.25) is 5.88 Å². The number of pyridine rings is 1. The number of methoxy groups -OCH3 is 2. The highest BCUT2D eigenvalue weighted by molar-refractivity contribution is 7.80. The van der Waals surface area contributed by atoms with Crippen LogP contribution in [0.2, 0.25) is 0 Å². The molecule has 0 fully saturated rings. The van der Waals surface area contributed by atoms with Gasteiger partial charge in [0.1, 0.15) is 11.4 Å². The van der Waals surface area contributed by atoms with Crippen LogP contribution in [0.1, 0.15) is 13.3 Å². The molecule has 0 aromatic carbocycles. The second kappa shape index (κ2) is 8.28. The van der Waals surface area contributed by atoms with Gasteiger partial charge in [-0.3, -0.25) is 5.43 Å². The number of hydrogen-bond acceptors (Lipinski definition) is 5. The van der Waals surface area contributed by atoms with Crippen LogP contribution in [0, 0.1) is 5.92 Å². The Labute approximate surface area is 141 Å². The number of rotatable bonds is 5. The molecule has 1 aliphatic rings. The Kier molecular flexibility index (Phi) is 6.10. The van der Waals surface area contributed by atoms with Crippen LogP contribution in [-0.2, 0) is 4.74 Å². The number of anilines is 1. The van der Waals surface area contributed by atoms with E-state index in [1.165, 1.54) is 0 Å². The maximum atomic E-state index is 5.39. The first kappa shape index (κ1) is 17.0. The van der Waals surface area contributed by atoms with E-state index in [9.17, 15) is 0 Å². The summed E-state index contributed by atoms with van der Waals surface area (Å²) in [6.07, 6.45) is 8.38. The van der Waals surface area contributed by atoms with Gasteiger partial charge in [0, 0.05) is 24.1 Å². The Balaban J connectivity index is 1.97. The van der Waals surface area contributed by atoms with E-state index in [2.05, 4.69) is 39.9 Å². The number of nitrogens with zero attached hydrogens (tertiary/aromatic N) is 2. The zero-order valence-corrected chi connectivity index (χ0v) is 14.2. The first-order chi connectivity index (χ1) is 11.2. The summed E-state index contributed by atoms with van der Waals surface area (Å²) in [4.78, 5) is 4.09. The van der Waals surface area contributed by atoms with Crippen molar-refractivity contribution in [3.63, 3.8) is 0 Å². The van der Waals surface area contributed by atoms with Crippen LogP contribution in [0.25, 0.3) is 0 Å². The standard InChI is InChI=1S/C16H20N4O2S/c1-11-6-4-8-14(21-2)12(11)10-18-20-16(23)19-13-7-5-9-17-15(13)22-3/h4-7,9-11H,8H2,1-3H3,(H2,19,20,23)/b18-10-. The molecule has 0 radical (unpaired) electrons. The minimum atomic E-state index is 0.254. The van der Waals surface area contributed by atoms with Crippen LogP contribution in [0.15, 0.2) is 46.9 Å². The molecule has 0 saturated heterocycles. The van der Waals surface area contributed by atoms with Gasteiger partial charge >= 0.3 is 0 Å². The van der Waals surface area contributed by atoms with Crippen molar-refractivity contribution in [3.05, 3.63) is 41.8 Å². The first-order valence-corrected chi connectivity index (χ1v) is 7.59. The molecular weight excluding hydrogens is 312 g/mol. The molecule has 0 saturated carbocycles. The molecular formula is C16H20N4O2S. The van der Waals surface area contributed by atoms with E-state index in [0.29, 0.717) is 16.7 Å². The highest BCUT2D eigenvalue weighted by Crippen LogP contribution is 2.23. The van der Waals surface area contributed by atoms with Gasteiger partial charge in [-0.25, -0.2) is 4.98 Å². The fourth-order valence-corrected chi connectivity index (χ4v) is 2.37. The molecule has 122 valence electrons. The van der Waals surface area contributed by atoms with Crippen LogP contribution >= 0.6 is 12.2 Å². The van der Waals surface area contributed by atoms with E-state index in [1.54, 1.807) is 32.7 Å². The van der Waals surface area contributed by atoms with E-state index >= 15 is 0 Å². The third-order valence-corrected chi connectivity index (χ3v) is 3.56. The zero-order chi connectivity index (χ0) is 16.7. The minimum absolute atomic E-state index is 0.254. The van der Waals surface area contributed by atoms with E-state index in [1.807, 2.05) is 6.07 Å². The van der Waals surface area contributed by atoms with Gasteiger partial charge in [-0.15, -0.1) is 0 Å². The van der Waals surface area contributed by atoms with Crippen molar-refractivity contribution < 1.29 is 9.47 Å². The number of hydrogen-bond donors (Lipinski definition) is 2. The summed E-state index contributed by atoms with van der Waals surface area (Å²) in [5, 5.41) is 7.53. The molecule has 0 aliphatic heterocycles. The summed E-state index contributed by atoms with van der Waals surface area (Å²) in [6.45, 7) is 2.09. The fourth-order valence-electron chi connectivity index (χ4n) is 2.20. The third kappa shape index (κ3) is 4.53. The fraction of sp³-hybridized carbons (Fsp3) is 0.312. The zero-order valence-electron chi connectivity index (χ0n) is 13.4. The second-order valence-electron chi connectivity index (χ2n) is 4.89. The number of nitrogens with one attached hydrogen (secondary N) is 2. The van der Waals surface area contributed by atoms with Gasteiger partial charge in [-0.1, -0.05) is 19.1 Å². The monoisotopic (exact) mass is 332 g/mol. The lowest BCUT2D eigenvalue weighted by atomic mass is 9.94. The second-order valence-corrected chi connectivity index (χ2v) is 5.30. The molecule has 6 nitrogen and oxygen atoms in total. The SMILES string of the molecule is COC1=C(/C=N\NC(=S)Nc2cccnc2OC)C(C)C=CC1. The molecule has 23 heavy (non-hydrogen) atoms. The van der Waals surface area contributed by atoms with Crippen LogP contribution in [0.5, 0.6) is 5.88 Å². The average molecular weight is 332 g/mol. The van der Waals surface area contributed by atoms with Crippen molar-refractivity contribution in [2.24, 2.45) is 11.0 Å². The van der Waals surface area contributed by atoms with Crippen LogP contribution < -0.4 is 15.5 Å². The molecule has 1 aromatic heterocycles. The van der Waals surface area contributed by atoms with Gasteiger partial charge < -0.3 is 14.8 Å². The van der Waals surface area contributed by atoms with Crippen LogP contribution in [0.3, 0.4) is 0 Å². The molecule has 1 unspecified atom stereocenters. The number of thiocarbonyl (C=S) groups is 1. The molecule has 2 N–H and O–H groups in total. The maximum absolute atomic E-state index is 5.39. The lowest BCUT2D eigenvalue weighted by molar-refractivity contribution is 0.277. The highest BCUT2D eigenvalue weighted by Gasteiger charge is 2.14. The molecule has 1 aromatic rings. The lowest BCUT2D eigenvalue weighted by Gasteiger charge is -2.17. The van der Waals surface area contributed by atoms with Crippen molar-refractivity contribution in [2.45, 2.75) is 13.3 Å². The van der Waals surface area contributed by atoms with Crippen molar-refractivity contribution in [2.75, 3.05) is 19.5 Å². The molecule has 0 bridgehead atoms. The Morgan fingerprint density at radius 3 is 3.00 bits per heavy atom.